The molecule has 2 aromatic carbocycles. The maximum atomic E-state index is 12.2. The van der Waals surface area contributed by atoms with E-state index in [1.807, 2.05) is 60.8 Å². The number of nitrogens with zero attached hydrogens (tertiary/aromatic N) is 2. The van der Waals surface area contributed by atoms with Gasteiger partial charge in [0.05, 0.1) is 11.9 Å². The summed E-state index contributed by atoms with van der Waals surface area (Å²) in [7, 11) is 0. The third-order valence-corrected chi connectivity index (χ3v) is 4.20. The van der Waals surface area contributed by atoms with Crippen LogP contribution in [0.15, 0.2) is 67.0 Å². The van der Waals surface area contributed by atoms with Gasteiger partial charge in [-0.1, -0.05) is 57.2 Å². The Morgan fingerprint density at radius 2 is 1.78 bits per heavy atom. The molecule has 140 valence electrons. The third kappa shape index (κ3) is 4.97. The molecule has 0 aliphatic heterocycles. The second-order valence-corrected chi connectivity index (χ2v) is 7.44. The van der Waals surface area contributed by atoms with Crippen LogP contribution >= 0.6 is 0 Å². The Morgan fingerprint density at radius 1 is 1.07 bits per heavy atom. The molecule has 5 nitrogen and oxygen atoms in total. The number of amides is 1. The molecule has 3 rings (SSSR count). The molecule has 1 aromatic heterocycles. The van der Waals surface area contributed by atoms with Gasteiger partial charge in [-0.05, 0) is 29.2 Å². The van der Waals surface area contributed by atoms with Gasteiger partial charge in [0.2, 0.25) is 0 Å². The van der Waals surface area contributed by atoms with E-state index in [9.17, 15) is 4.79 Å². The van der Waals surface area contributed by atoms with Gasteiger partial charge in [0, 0.05) is 18.3 Å². The smallest absolute Gasteiger partial charge is 0.258 e. The predicted molar refractivity (Wildman–Crippen MR) is 106 cm³/mol. The lowest BCUT2D eigenvalue weighted by atomic mass is 9.86. The van der Waals surface area contributed by atoms with Gasteiger partial charge in [-0.25, -0.2) is 4.68 Å². The van der Waals surface area contributed by atoms with Gasteiger partial charge in [-0.15, -0.1) is 0 Å². The Balaban J connectivity index is 1.53. The zero-order valence-corrected chi connectivity index (χ0v) is 16.0. The van der Waals surface area contributed by atoms with Crippen molar-refractivity contribution in [2.24, 2.45) is 0 Å². The van der Waals surface area contributed by atoms with Crippen molar-refractivity contribution in [1.29, 1.82) is 0 Å². The molecule has 0 fully saturated rings. The van der Waals surface area contributed by atoms with Crippen LogP contribution in [0.5, 0.6) is 5.75 Å². The second-order valence-electron chi connectivity index (χ2n) is 7.44. The van der Waals surface area contributed by atoms with E-state index in [2.05, 4.69) is 31.2 Å². The predicted octanol–water partition coefficient (Wildman–Crippen LogP) is 3.87. The van der Waals surface area contributed by atoms with Crippen LogP contribution in [-0.2, 0) is 16.8 Å². The standard InChI is InChI=1S/C22H25N3O2/c1-22(2,3)19-11-7-8-12-20(19)27-16-21(26)23-13-17-14-24-25(15-17)18-9-5-4-6-10-18/h4-12,14-15H,13,16H2,1-3H3,(H,23,26). The van der Waals surface area contributed by atoms with Crippen LogP contribution in [-0.4, -0.2) is 22.3 Å². The summed E-state index contributed by atoms with van der Waals surface area (Å²) >= 11 is 0. The zero-order valence-electron chi connectivity index (χ0n) is 16.0. The number of hydrogen-bond donors (Lipinski definition) is 1. The number of nitrogens with one attached hydrogen (secondary N) is 1. The molecule has 1 heterocycles. The van der Waals surface area contributed by atoms with Crippen LogP contribution in [0.4, 0.5) is 0 Å². The molecule has 1 amide bonds. The molecular formula is C22H25N3O2. The minimum Gasteiger partial charge on any atom is -0.483 e. The molecule has 0 radical (unpaired) electrons. The fourth-order valence-electron chi connectivity index (χ4n) is 2.78. The first-order valence-corrected chi connectivity index (χ1v) is 9.01. The lowest BCUT2D eigenvalue weighted by Crippen LogP contribution is -2.28. The van der Waals surface area contributed by atoms with Crippen molar-refractivity contribution < 1.29 is 9.53 Å². The Hall–Kier alpha value is -3.08. The fourth-order valence-corrected chi connectivity index (χ4v) is 2.78. The molecule has 0 saturated heterocycles. The average molecular weight is 363 g/mol. The highest BCUT2D eigenvalue weighted by Gasteiger charge is 2.18. The molecule has 27 heavy (non-hydrogen) atoms. The van der Waals surface area contributed by atoms with E-state index >= 15 is 0 Å². The zero-order chi connectivity index (χ0) is 19.3. The molecule has 3 aromatic rings. The minimum atomic E-state index is -0.161. The largest absolute Gasteiger partial charge is 0.483 e. The number of rotatable bonds is 6. The molecule has 0 spiro atoms. The lowest BCUT2D eigenvalue weighted by molar-refractivity contribution is -0.123. The summed E-state index contributed by atoms with van der Waals surface area (Å²) in [6, 6.07) is 17.7. The highest BCUT2D eigenvalue weighted by atomic mass is 16.5. The number of carbonyl (C=O) groups is 1. The molecule has 0 aliphatic rings. The lowest BCUT2D eigenvalue weighted by Gasteiger charge is -2.22. The van der Waals surface area contributed by atoms with Crippen molar-refractivity contribution in [1.82, 2.24) is 15.1 Å². The van der Waals surface area contributed by atoms with Crippen LogP contribution < -0.4 is 10.1 Å². The minimum absolute atomic E-state index is 0.0140. The maximum absolute atomic E-state index is 12.2. The Labute approximate surface area is 160 Å². The second kappa shape index (κ2) is 8.08. The SMILES string of the molecule is CC(C)(C)c1ccccc1OCC(=O)NCc1cnn(-c2ccccc2)c1. The fraction of sp³-hybridized carbons (Fsp3) is 0.273. The summed E-state index contributed by atoms with van der Waals surface area (Å²) in [5, 5.41) is 7.21. The summed E-state index contributed by atoms with van der Waals surface area (Å²) in [5.74, 6) is 0.586. The van der Waals surface area contributed by atoms with Crippen LogP contribution in [0.1, 0.15) is 31.9 Å². The van der Waals surface area contributed by atoms with Crippen molar-refractivity contribution in [3.63, 3.8) is 0 Å². The van der Waals surface area contributed by atoms with Crippen LogP contribution in [0.2, 0.25) is 0 Å². The van der Waals surface area contributed by atoms with E-state index in [1.165, 1.54) is 0 Å². The van der Waals surface area contributed by atoms with E-state index in [0.717, 1.165) is 22.6 Å². The van der Waals surface area contributed by atoms with Crippen molar-refractivity contribution in [3.8, 4) is 11.4 Å². The first kappa shape index (κ1) is 18.7. The molecule has 5 heteroatoms. The number of carbonyl (C=O) groups excluding carboxylic acids is 1. The van der Waals surface area contributed by atoms with Crippen molar-refractivity contribution in [3.05, 3.63) is 78.1 Å². The monoisotopic (exact) mass is 363 g/mol. The van der Waals surface area contributed by atoms with Crippen LogP contribution in [0, 0.1) is 0 Å². The normalized spacial score (nSPS) is 11.2. The molecule has 1 N–H and O–H groups in total. The van der Waals surface area contributed by atoms with Crippen molar-refractivity contribution in [2.45, 2.75) is 32.7 Å². The van der Waals surface area contributed by atoms with Gasteiger partial charge >= 0.3 is 0 Å². The van der Waals surface area contributed by atoms with Crippen molar-refractivity contribution in [2.75, 3.05) is 6.61 Å². The quantitative estimate of drug-likeness (QED) is 0.723. The molecular weight excluding hydrogens is 338 g/mol. The van der Waals surface area contributed by atoms with Gasteiger partial charge in [0.25, 0.3) is 5.91 Å². The van der Waals surface area contributed by atoms with Gasteiger partial charge < -0.3 is 10.1 Å². The summed E-state index contributed by atoms with van der Waals surface area (Å²) in [4.78, 5) is 12.2. The first-order valence-electron chi connectivity index (χ1n) is 9.01. The topological polar surface area (TPSA) is 56.1 Å². The Morgan fingerprint density at radius 3 is 2.52 bits per heavy atom. The number of hydrogen-bond acceptors (Lipinski definition) is 3. The molecule has 0 atom stereocenters. The van der Waals surface area contributed by atoms with Crippen molar-refractivity contribution >= 4 is 5.91 Å². The van der Waals surface area contributed by atoms with E-state index < -0.39 is 0 Å². The van der Waals surface area contributed by atoms with Crippen LogP contribution in [0.3, 0.4) is 0 Å². The molecule has 0 aliphatic carbocycles. The molecule has 0 bridgehead atoms. The van der Waals surface area contributed by atoms with E-state index in [4.69, 9.17) is 4.74 Å². The van der Waals surface area contributed by atoms with E-state index in [-0.39, 0.29) is 17.9 Å². The summed E-state index contributed by atoms with van der Waals surface area (Å²) in [6.07, 6.45) is 3.66. The summed E-state index contributed by atoms with van der Waals surface area (Å²) in [6.45, 7) is 6.77. The number of aromatic nitrogens is 2. The molecule has 0 saturated carbocycles. The summed E-state index contributed by atoms with van der Waals surface area (Å²) < 4.78 is 7.54. The maximum Gasteiger partial charge on any atom is 0.258 e. The van der Waals surface area contributed by atoms with Gasteiger partial charge in [0.1, 0.15) is 5.75 Å². The number of ether oxygens (including phenoxy) is 1. The first-order chi connectivity index (χ1) is 12.9. The van der Waals surface area contributed by atoms with Gasteiger partial charge in [-0.3, -0.25) is 4.79 Å². The Bertz CT molecular complexity index is 895. The summed E-state index contributed by atoms with van der Waals surface area (Å²) in [5.41, 5.74) is 2.96. The number of benzene rings is 2. The number of para-hydroxylation sites is 2. The third-order valence-electron chi connectivity index (χ3n) is 4.20. The highest BCUT2D eigenvalue weighted by Crippen LogP contribution is 2.30. The van der Waals surface area contributed by atoms with Gasteiger partial charge in [-0.2, -0.15) is 5.10 Å². The molecule has 0 unspecified atom stereocenters. The van der Waals surface area contributed by atoms with Gasteiger partial charge in [0.15, 0.2) is 6.61 Å². The average Bonchev–Trinajstić information content (AvgIpc) is 3.14. The highest BCUT2D eigenvalue weighted by molar-refractivity contribution is 5.77. The van der Waals surface area contributed by atoms with E-state index in [0.29, 0.717) is 6.54 Å². The Kier molecular flexibility index (Phi) is 5.60. The van der Waals surface area contributed by atoms with Crippen LogP contribution in [0.25, 0.3) is 5.69 Å². The van der Waals surface area contributed by atoms with E-state index in [1.54, 1.807) is 10.9 Å².